The van der Waals surface area contributed by atoms with Crippen LogP contribution in [-0.4, -0.2) is 0 Å². The summed E-state index contributed by atoms with van der Waals surface area (Å²) in [6, 6.07) is 17.8. The topological polar surface area (TPSA) is 23.8 Å². The molecule has 0 saturated carbocycles. The maximum atomic E-state index is 15.2. The minimum absolute atomic E-state index is 0.0163. The fraction of sp³-hybridized carbons (Fsp3) is 0.194. The van der Waals surface area contributed by atoms with E-state index in [-0.39, 0.29) is 23.4 Å². The third-order valence-electron chi connectivity index (χ3n) is 6.44. The summed E-state index contributed by atoms with van der Waals surface area (Å²) in [5.41, 5.74) is 2.71. The van der Waals surface area contributed by atoms with Gasteiger partial charge in [0.25, 0.3) is 0 Å². The van der Waals surface area contributed by atoms with Crippen molar-refractivity contribution in [2.45, 2.75) is 38.5 Å². The molecule has 0 aliphatic carbocycles. The summed E-state index contributed by atoms with van der Waals surface area (Å²) in [5, 5.41) is 10.0. The van der Waals surface area contributed by atoms with Crippen LogP contribution >= 0.6 is 0 Å². The number of halogens is 4. The van der Waals surface area contributed by atoms with E-state index < -0.39 is 17.5 Å². The SMILES string of the molecule is C=CCCc1cc(F)c(CCc2ccc3c(F)c(CCc4ccc(C#N)c(F)c4)ccc3c2)c(F)c1. The minimum Gasteiger partial charge on any atom is -0.207 e. The summed E-state index contributed by atoms with van der Waals surface area (Å²) in [4.78, 5) is 0. The molecule has 0 spiro atoms. The van der Waals surface area contributed by atoms with E-state index in [4.69, 9.17) is 5.26 Å². The first-order valence-corrected chi connectivity index (χ1v) is 11.9. The van der Waals surface area contributed by atoms with E-state index in [1.165, 1.54) is 24.3 Å². The summed E-state index contributed by atoms with van der Waals surface area (Å²) in [6.45, 7) is 3.63. The van der Waals surface area contributed by atoms with Crippen LogP contribution in [0.15, 0.2) is 73.3 Å². The molecule has 0 atom stereocenters. The summed E-state index contributed by atoms with van der Waals surface area (Å²) >= 11 is 0. The quantitative estimate of drug-likeness (QED) is 0.174. The first-order chi connectivity index (χ1) is 17.4. The van der Waals surface area contributed by atoms with E-state index in [1.807, 2.05) is 12.1 Å². The highest BCUT2D eigenvalue weighted by molar-refractivity contribution is 5.84. The molecule has 0 aliphatic heterocycles. The normalized spacial score (nSPS) is 11.0. The van der Waals surface area contributed by atoms with Gasteiger partial charge in [0.2, 0.25) is 0 Å². The second-order valence-corrected chi connectivity index (χ2v) is 8.89. The second kappa shape index (κ2) is 11.2. The van der Waals surface area contributed by atoms with Crippen molar-refractivity contribution in [3.05, 3.63) is 130 Å². The maximum Gasteiger partial charge on any atom is 0.141 e. The molecule has 5 heteroatoms. The zero-order valence-electron chi connectivity index (χ0n) is 19.8. The van der Waals surface area contributed by atoms with Crippen LogP contribution in [0.25, 0.3) is 10.8 Å². The molecule has 4 aromatic carbocycles. The van der Waals surface area contributed by atoms with Crippen molar-refractivity contribution in [1.29, 1.82) is 5.26 Å². The number of nitrogens with zero attached hydrogens (tertiary/aromatic N) is 1. The molecule has 0 aliphatic rings. The molecule has 0 aromatic heterocycles. The van der Waals surface area contributed by atoms with Crippen molar-refractivity contribution in [2.24, 2.45) is 0 Å². The zero-order chi connectivity index (χ0) is 25.7. The van der Waals surface area contributed by atoms with Crippen molar-refractivity contribution in [3.8, 4) is 6.07 Å². The molecule has 0 radical (unpaired) electrons. The maximum absolute atomic E-state index is 15.2. The standard InChI is InChI=1S/C31H25F4N/c1-2-3-4-22-17-29(33)27(30(34)18-22)14-8-20-7-13-26-24(15-20)12-11-23(31(26)35)9-5-21-6-10-25(19-36)28(32)16-21/h2,6-7,10-13,15-18H,1,3-5,8-9,14H2. The number of fused-ring (bicyclic) bond motifs is 1. The molecule has 0 heterocycles. The van der Waals surface area contributed by atoms with Crippen LogP contribution in [0, 0.1) is 34.6 Å². The average Bonchev–Trinajstić information content (AvgIpc) is 2.86. The van der Waals surface area contributed by atoms with Gasteiger partial charge in [0.15, 0.2) is 0 Å². The lowest BCUT2D eigenvalue weighted by atomic mass is 9.96. The molecule has 182 valence electrons. The van der Waals surface area contributed by atoms with Crippen LogP contribution in [0.3, 0.4) is 0 Å². The zero-order valence-corrected chi connectivity index (χ0v) is 19.8. The van der Waals surface area contributed by atoms with Crippen LogP contribution in [0.5, 0.6) is 0 Å². The average molecular weight is 488 g/mol. The number of benzene rings is 4. The lowest BCUT2D eigenvalue weighted by molar-refractivity contribution is 0.551. The number of nitriles is 1. The van der Waals surface area contributed by atoms with Crippen LogP contribution in [0.4, 0.5) is 17.6 Å². The van der Waals surface area contributed by atoms with Crippen molar-refractivity contribution in [2.75, 3.05) is 0 Å². The second-order valence-electron chi connectivity index (χ2n) is 8.89. The highest BCUT2D eigenvalue weighted by Gasteiger charge is 2.13. The van der Waals surface area contributed by atoms with Crippen molar-refractivity contribution in [3.63, 3.8) is 0 Å². The smallest absolute Gasteiger partial charge is 0.141 e. The Hall–Kier alpha value is -3.91. The molecular weight excluding hydrogens is 462 g/mol. The lowest BCUT2D eigenvalue weighted by Crippen LogP contribution is -2.01. The Balaban J connectivity index is 1.46. The minimum atomic E-state index is -0.579. The van der Waals surface area contributed by atoms with E-state index in [0.717, 1.165) is 5.56 Å². The Morgan fingerprint density at radius 2 is 1.36 bits per heavy atom. The van der Waals surface area contributed by atoms with Gasteiger partial charge >= 0.3 is 0 Å². The fourth-order valence-corrected chi connectivity index (χ4v) is 4.40. The Morgan fingerprint density at radius 1 is 0.694 bits per heavy atom. The van der Waals surface area contributed by atoms with Crippen LogP contribution in [0.2, 0.25) is 0 Å². The number of rotatable bonds is 9. The summed E-state index contributed by atoms with van der Waals surface area (Å²) in [5.74, 6) is -2.01. The molecule has 0 unspecified atom stereocenters. The molecule has 36 heavy (non-hydrogen) atoms. The van der Waals surface area contributed by atoms with Gasteiger partial charge in [0.1, 0.15) is 29.3 Å². The van der Waals surface area contributed by atoms with Gasteiger partial charge in [-0.2, -0.15) is 5.26 Å². The summed E-state index contributed by atoms with van der Waals surface area (Å²) in [6.07, 6.45) is 4.35. The Kier molecular flexibility index (Phi) is 7.85. The molecule has 0 N–H and O–H groups in total. The summed E-state index contributed by atoms with van der Waals surface area (Å²) < 4.78 is 58.0. The molecule has 4 rings (SSSR count). The molecule has 0 amide bonds. The predicted octanol–water partition coefficient (Wildman–Crippen LogP) is 7.96. The highest BCUT2D eigenvalue weighted by atomic mass is 19.1. The lowest BCUT2D eigenvalue weighted by Gasteiger charge is -2.10. The van der Waals surface area contributed by atoms with Gasteiger partial charge in [-0.05, 0) is 90.4 Å². The van der Waals surface area contributed by atoms with E-state index in [1.54, 1.807) is 36.4 Å². The van der Waals surface area contributed by atoms with Crippen LogP contribution in [-0.2, 0) is 32.1 Å². The van der Waals surface area contributed by atoms with Gasteiger partial charge in [0.05, 0.1) is 5.56 Å². The monoisotopic (exact) mass is 487 g/mol. The molecule has 0 bridgehead atoms. The Bertz CT molecular complexity index is 1440. The molecular formula is C31H25F4N. The van der Waals surface area contributed by atoms with E-state index in [0.29, 0.717) is 59.6 Å². The van der Waals surface area contributed by atoms with Gasteiger partial charge in [-0.3, -0.25) is 0 Å². The van der Waals surface area contributed by atoms with Gasteiger partial charge in [0, 0.05) is 10.9 Å². The molecule has 4 aromatic rings. The largest absolute Gasteiger partial charge is 0.207 e. The number of aryl methyl sites for hydroxylation is 4. The molecule has 0 fully saturated rings. The first kappa shape index (κ1) is 25.2. The third kappa shape index (κ3) is 5.66. The summed E-state index contributed by atoms with van der Waals surface area (Å²) in [7, 11) is 0. The Morgan fingerprint density at radius 3 is 2.06 bits per heavy atom. The number of allylic oxidation sites excluding steroid dienone is 1. The van der Waals surface area contributed by atoms with Crippen molar-refractivity contribution < 1.29 is 17.6 Å². The predicted molar refractivity (Wildman–Crippen MR) is 135 cm³/mol. The van der Waals surface area contributed by atoms with Crippen molar-refractivity contribution >= 4 is 10.8 Å². The number of hydrogen-bond donors (Lipinski definition) is 0. The highest BCUT2D eigenvalue weighted by Crippen LogP contribution is 2.25. The fourth-order valence-electron chi connectivity index (χ4n) is 4.40. The van der Waals surface area contributed by atoms with E-state index in [9.17, 15) is 13.2 Å². The van der Waals surface area contributed by atoms with Gasteiger partial charge in [-0.25, -0.2) is 17.6 Å². The van der Waals surface area contributed by atoms with E-state index >= 15 is 4.39 Å². The van der Waals surface area contributed by atoms with Gasteiger partial charge < -0.3 is 0 Å². The number of hydrogen-bond acceptors (Lipinski definition) is 1. The molecule has 0 saturated heterocycles. The van der Waals surface area contributed by atoms with Gasteiger partial charge in [-0.15, -0.1) is 6.58 Å². The van der Waals surface area contributed by atoms with Crippen LogP contribution < -0.4 is 0 Å². The Labute approximate surface area is 208 Å². The third-order valence-corrected chi connectivity index (χ3v) is 6.44. The van der Waals surface area contributed by atoms with Crippen LogP contribution in [0.1, 0.15) is 39.8 Å². The van der Waals surface area contributed by atoms with Gasteiger partial charge in [-0.1, -0.05) is 42.5 Å². The van der Waals surface area contributed by atoms with E-state index in [2.05, 4.69) is 6.58 Å². The van der Waals surface area contributed by atoms with Crippen molar-refractivity contribution in [1.82, 2.24) is 0 Å². The first-order valence-electron chi connectivity index (χ1n) is 11.9. The molecule has 1 nitrogen and oxygen atoms in total.